The number of carbonyl (C=O) groups is 3. The van der Waals surface area contributed by atoms with Crippen LogP contribution in [0.5, 0.6) is 0 Å². The minimum atomic E-state index is -0.599. The van der Waals surface area contributed by atoms with Crippen LogP contribution < -0.4 is 11.1 Å². The highest BCUT2D eigenvalue weighted by Crippen LogP contribution is 2.44. The number of nitrogens with one attached hydrogen (secondary N) is 1. The first-order valence-corrected chi connectivity index (χ1v) is 14.5. The van der Waals surface area contributed by atoms with Crippen LogP contribution in [0, 0.1) is 23.2 Å². The number of amides is 1. The van der Waals surface area contributed by atoms with Crippen LogP contribution in [-0.4, -0.2) is 42.6 Å². The molecule has 1 amide bonds. The lowest BCUT2D eigenvalue weighted by atomic mass is 9.73. The maximum atomic E-state index is 13.8. The predicted molar refractivity (Wildman–Crippen MR) is 148 cm³/mol. The molecule has 1 aromatic rings. The van der Waals surface area contributed by atoms with E-state index in [4.69, 9.17) is 15.2 Å². The van der Waals surface area contributed by atoms with Gasteiger partial charge in [-0.05, 0) is 90.5 Å². The molecule has 2 aliphatic carbocycles. The van der Waals surface area contributed by atoms with Crippen molar-refractivity contribution in [2.24, 2.45) is 28.9 Å². The molecule has 0 bridgehead atoms. The predicted octanol–water partition coefficient (Wildman–Crippen LogP) is 4.95. The second kappa shape index (κ2) is 13.6. The molecule has 2 aliphatic rings. The van der Waals surface area contributed by atoms with Gasteiger partial charge in [0.1, 0.15) is 5.60 Å². The first-order chi connectivity index (χ1) is 18.1. The Balaban J connectivity index is 1.68. The topological polar surface area (TPSA) is 108 Å². The van der Waals surface area contributed by atoms with Crippen LogP contribution in [0.1, 0.15) is 91.0 Å². The summed E-state index contributed by atoms with van der Waals surface area (Å²) in [4.78, 5) is 39.4. The smallest absolute Gasteiger partial charge is 0.310 e. The Morgan fingerprint density at radius 2 is 1.79 bits per heavy atom. The van der Waals surface area contributed by atoms with Crippen LogP contribution >= 0.6 is 0 Å². The van der Waals surface area contributed by atoms with E-state index in [0.29, 0.717) is 19.4 Å². The number of rotatable bonds is 11. The minimum Gasteiger partial charge on any atom is -0.466 e. The average Bonchev–Trinajstić information content (AvgIpc) is 3.36. The third-order valence-electron chi connectivity index (χ3n) is 8.26. The third kappa shape index (κ3) is 8.29. The molecule has 0 aromatic heterocycles. The fraction of sp³-hybridized carbons (Fsp3) is 0.710. The van der Waals surface area contributed by atoms with Crippen LogP contribution in [0.4, 0.5) is 0 Å². The van der Waals surface area contributed by atoms with Gasteiger partial charge in [-0.3, -0.25) is 14.4 Å². The van der Waals surface area contributed by atoms with E-state index in [1.54, 1.807) is 0 Å². The van der Waals surface area contributed by atoms with Crippen molar-refractivity contribution in [1.29, 1.82) is 0 Å². The van der Waals surface area contributed by atoms with Crippen molar-refractivity contribution in [3.8, 4) is 0 Å². The van der Waals surface area contributed by atoms with Crippen molar-refractivity contribution in [3.63, 3.8) is 0 Å². The normalized spacial score (nSPS) is 23.9. The molecule has 0 heterocycles. The largest absolute Gasteiger partial charge is 0.466 e. The van der Waals surface area contributed by atoms with E-state index >= 15 is 0 Å². The highest BCUT2D eigenvalue weighted by atomic mass is 16.6. The van der Waals surface area contributed by atoms with E-state index in [2.05, 4.69) is 17.4 Å². The van der Waals surface area contributed by atoms with Crippen LogP contribution in [0.3, 0.4) is 0 Å². The van der Waals surface area contributed by atoms with Gasteiger partial charge in [-0.1, -0.05) is 43.2 Å². The molecule has 3 rings (SSSR count). The maximum Gasteiger partial charge on any atom is 0.310 e. The number of nitrogens with two attached hydrogens (primary N) is 1. The molecule has 0 unspecified atom stereocenters. The highest BCUT2D eigenvalue weighted by molar-refractivity contribution is 5.84. The van der Waals surface area contributed by atoms with E-state index < -0.39 is 16.9 Å². The van der Waals surface area contributed by atoms with Crippen LogP contribution in [0.15, 0.2) is 30.3 Å². The minimum absolute atomic E-state index is 0.00396. The molecule has 0 aliphatic heterocycles. The lowest BCUT2D eigenvalue weighted by Crippen LogP contribution is -2.49. The van der Waals surface area contributed by atoms with Crippen molar-refractivity contribution in [1.82, 2.24) is 5.32 Å². The Morgan fingerprint density at radius 3 is 2.39 bits per heavy atom. The number of hydrogen-bond acceptors (Lipinski definition) is 6. The number of ether oxygens (including phenoxy) is 2. The zero-order chi connectivity index (χ0) is 27.8. The number of aryl methyl sites for hydroxylation is 1. The van der Waals surface area contributed by atoms with Gasteiger partial charge >= 0.3 is 11.9 Å². The molecule has 2 fully saturated rings. The van der Waals surface area contributed by atoms with Crippen molar-refractivity contribution >= 4 is 17.8 Å². The van der Waals surface area contributed by atoms with Crippen LogP contribution in [-0.2, 0) is 30.3 Å². The summed E-state index contributed by atoms with van der Waals surface area (Å²) in [6, 6.07) is 10.3. The first kappa shape index (κ1) is 30.1. The molecule has 0 spiro atoms. The summed E-state index contributed by atoms with van der Waals surface area (Å²) in [5.41, 5.74) is 6.06. The van der Waals surface area contributed by atoms with Crippen LogP contribution in [0.2, 0.25) is 0 Å². The number of carbonyl (C=O) groups excluding carboxylic acids is 3. The monoisotopic (exact) mass is 528 g/mol. The van der Waals surface area contributed by atoms with Crippen molar-refractivity contribution < 1.29 is 23.9 Å². The molecule has 1 aromatic carbocycles. The zero-order valence-electron chi connectivity index (χ0n) is 23.8. The molecule has 0 radical (unpaired) electrons. The average molecular weight is 529 g/mol. The van der Waals surface area contributed by atoms with Gasteiger partial charge < -0.3 is 20.5 Å². The molecule has 0 saturated heterocycles. The fourth-order valence-electron chi connectivity index (χ4n) is 6.30. The SMILES string of the molecule is CCOC(=O)[C@@H]1CC[C@H](NC(=O)C2(C[C@@H](CN)C(=O)OC(C)(C)C)CCCC2)C[C@@H]1CCc1ccccc1. The van der Waals surface area contributed by atoms with Gasteiger partial charge in [0.15, 0.2) is 0 Å². The quantitative estimate of drug-likeness (QED) is 0.394. The van der Waals surface area contributed by atoms with E-state index in [9.17, 15) is 14.4 Å². The summed E-state index contributed by atoms with van der Waals surface area (Å²) in [5, 5.41) is 3.35. The van der Waals surface area contributed by atoms with Crippen molar-refractivity contribution in [2.45, 2.75) is 104 Å². The Hall–Kier alpha value is -2.41. The van der Waals surface area contributed by atoms with Gasteiger partial charge in [0.2, 0.25) is 5.91 Å². The highest BCUT2D eigenvalue weighted by Gasteiger charge is 2.46. The van der Waals surface area contributed by atoms with E-state index in [1.165, 1.54) is 5.56 Å². The van der Waals surface area contributed by atoms with Crippen LogP contribution in [0.25, 0.3) is 0 Å². The summed E-state index contributed by atoms with van der Waals surface area (Å²) in [5.74, 6) is -0.914. The molecule has 212 valence electrons. The van der Waals surface area contributed by atoms with E-state index in [0.717, 1.165) is 51.4 Å². The molecule has 4 atom stereocenters. The van der Waals surface area contributed by atoms with Gasteiger partial charge in [0.05, 0.1) is 23.9 Å². The van der Waals surface area contributed by atoms with Gasteiger partial charge in [0.25, 0.3) is 0 Å². The summed E-state index contributed by atoms with van der Waals surface area (Å²) in [7, 11) is 0. The zero-order valence-corrected chi connectivity index (χ0v) is 23.8. The van der Waals surface area contributed by atoms with E-state index in [1.807, 2.05) is 45.9 Å². The summed E-state index contributed by atoms with van der Waals surface area (Å²) < 4.78 is 11.0. The van der Waals surface area contributed by atoms with Crippen molar-refractivity contribution in [2.75, 3.05) is 13.2 Å². The second-order valence-electron chi connectivity index (χ2n) is 12.3. The number of esters is 2. The summed E-state index contributed by atoms with van der Waals surface area (Å²) in [6.45, 7) is 7.92. The molecule has 38 heavy (non-hydrogen) atoms. The van der Waals surface area contributed by atoms with Gasteiger partial charge in [0, 0.05) is 12.6 Å². The first-order valence-electron chi connectivity index (χ1n) is 14.5. The summed E-state index contributed by atoms with van der Waals surface area (Å²) >= 11 is 0. The van der Waals surface area contributed by atoms with Crippen molar-refractivity contribution in [3.05, 3.63) is 35.9 Å². The van der Waals surface area contributed by atoms with Gasteiger partial charge in [-0.15, -0.1) is 0 Å². The molecule has 7 heteroatoms. The fourth-order valence-corrected chi connectivity index (χ4v) is 6.30. The molecule has 7 nitrogen and oxygen atoms in total. The number of benzene rings is 1. The molecular weight excluding hydrogens is 480 g/mol. The third-order valence-corrected chi connectivity index (χ3v) is 8.26. The Bertz CT molecular complexity index is 920. The van der Waals surface area contributed by atoms with Gasteiger partial charge in [-0.2, -0.15) is 0 Å². The Kier molecular flexibility index (Phi) is 10.8. The molecule has 2 saturated carbocycles. The Labute approximate surface area is 228 Å². The second-order valence-corrected chi connectivity index (χ2v) is 12.3. The van der Waals surface area contributed by atoms with Gasteiger partial charge in [-0.25, -0.2) is 0 Å². The lowest BCUT2D eigenvalue weighted by molar-refractivity contribution is -0.161. The molecular formula is C31H48N2O5. The summed E-state index contributed by atoms with van der Waals surface area (Å²) in [6.07, 6.45) is 7.84. The lowest BCUT2D eigenvalue weighted by Gasteiger charge is -2.38. The Morgan fingerprint density at radius 1 is 1.11 bits per heavy atom. The number of hydrogen-bond donors (Lipinski definition) is 2. The standard InChI is InChI=1S/C31H48N2O5/c1-5-37-28(35)26-16-15-25(19-23(26)14-13-22-11-7-6-8-12-22)33-29(36)31(17-9-10-18-31)20-24(21-32)27(34)38-30(2,3)4/h6-8,11-12,23-26H,5,9-10,13-21,32H2,1-4H3,(H,33,36)/t23-,24-,25-,26+/m0/s1. The maximum absolute atomic E-state index is 13.8. The molecule has 3 N–H and O–H groups in total. The van der Waals surface area contributed by atoms with E-state index in [-0.39, 0.29) is 42.3 Å².